The van der Waals surface area contributed by atoms with Gasteiger partial charge in [-0.1, -0.05) is 0 Å². The van der Waals surface area contributed by atoms with E-state index in [1.165, 1.54) is 0 Å². The molecule has 0 aromatic carbocycles. The Bertz CT molecular complexity index is 539. The number of aromatic nitrogens is 4. The van der Waals surface area contributed by atoms with Crippen LogP contribution in [0.25, 0.3) is 0 Å². The summed E-state index contributed by atoms with van der Waals surface area (Å²) >= 11 is 9.52. The van der Waals surface area contributed by atoms with Crippen LogP contribution in [0, 0.1) is 0 Å². The Hall–Kier alpha value is -0.640. The van der Waals surface area contributed by atoms with Crippen molar-refractivity contribution in [2.24, 2.45) is 0 Å². The number of likely N-dealkylation sites (tertiary alicyclic amines) is 1. The largest absolute Gasteiger partial charge is 0.471 e. The summed E-state index contributed by atoms with van der Waals surface area (Å²) in [6.07, 6.45) is 6.80. The average Bonchev–Trinajstić information content (AvgIpc) is 2.44. The monoisotopic (exact) mass is 479 g/mol. The van der Waals surface area contributed by atoms with Crippen molar-refractivity contribution in [1.82, 2.24) is 24.8 Å². The molecule has 2 aromatic heterocycles. The number of halogens is 3. The third-order valence-corrected chi connectivity index (χ3v) is 3.73. The number of likely N-dealkylation sites (N-methyl/N-ethyl adjacent to an activating group) is 1. The molecule has 2 aromatic rings. The van der Waals surface area contributed by atoms with Crippen LogP contribution in [0.15, 0.2) is 38.6 Å². The standard InChI is InChI=1S/C8H10BrN3O.C4H2Br2N2/c1-12-4-6(5-12)13-8-3-10-7(9)2-11-8;5-3-1-7-4(6)2-8-3/h2-3,6H,4-5H2,1H3;1-2H. The molecule has 0 aliphatic carbocycles. The van der Waals surface area contributed by atoms with Crippen LogP contribution in [0.4, 0.5) is 0 Å². The summed E-state index contributed by atoms with van der Waals surface area (Å²) in [4.78, 5) is 18.1. The number of hydrogen-bond acceptors (Lipinski definition) is 6. The molecule has 3 heterocycles. The molecule has 9 heteroatoms. The van der Waals surface area contributed by atoms with Crippen molar-refractivity contribution >= 4 is 47.8 Å². The summed E-state index contributed by atoms with van der Waals surface area (Å²) in [5.74, 6) is 0.598. The highest BCUT2D eigenvalue weighted by molar-refractivity contribution is 9.11. The van der Waals surface area contributed by atoms with Gasteiger partial charge < -0.3 is 4.74 Å². The van der Waals surface area contributed by atoms with E-state index in [1.807, 2.05) is 0 Å². The van der Waals surface area contributed by atoms with Gasteiger partial charge in [0.15, 0.2) is 0 Å². The predicted molar refractivity (Wildman–Crippen MR) is 89.1 cm³/mol. The van der Waals surface area contributed by atoms with Gasteiger partial charge in [-0.3, -0.25) is 4.90 Å². The zero-order chi connectivity index (χ0) is 15.2. The van der Waals surface area contributed by atoms with Gasteiger partial charge in [0.05, 0.1) is 24.8 Å². The Morgan fingerprint density at radius 3 is 1.76 bits per heavy atom. The maximum atomic E-state index is 5.54. The number of ether oxygens (including phenoxy) is 1. The van der Waals surface area contributed by atoms with E-state index in [2.05, 4.69) is 79.7 Å². The second kappa shape index (κ2) is 8.11. The fourth-order valence-electron chi connectivity index (χ4n) is 1.54. The van der Waals surface area contributed by atoms with Crippen molar-refractivity contribution < 1.29 is 4.74 Å². The zero-order valence-corrected chi connectivity index (χ0v) is 15.8. The topological polar surface area (TPSA) is 64.0 Å². The molecule has 21 heavy (non-hydrogen) atoms. The smallest absolute Gasteiger partial charge is 0.232 e. The Morgan fingerprint density at radius 2 is 1.38 bits per heavy atom. The zero-order valence-electron chi connectivity index (χ0n) is 11.1. The lowest BCUT2D eigenvalue weighted by atomic mass is 10.2. The second-order valence-electron chi connectivity index (χ2n) is 4.30. The van der Waals surface area contributed by atoms with Crippen LogP contribution in [0.3, 0.4) is 0 Å². The Balaban J connectivity index is 0.000000173. The maximum Gasteiger partial charge on any atom is 0.232 e. The quantitative estimate of drug-likeness (QED) is 0.657. The van der Waals surface area contributed by atoms with Crippen molar-refractivity contribution in [3.05, 3.63) is 38.6 Å². The van der Waals surface area contributed by atoms with E-state index in [9.17, 15) is 0 Å². The summed E-state index contributed by atoms with van der Waals surface area (Å²) in [5.41, 5.74) is 0. The molecule has 1 fully saturated rings. The maximum absolute atomic E-state index is 5.54. The minimum Gasteiger partial charge on any atom is -0.471 e. The first kappa shape index (κ1) is 16.7. The molecule has 1 aliphatic rings. The summed E-state index contributed by atoms with van der Waals surface area (Å²) < 4.78 is 7.77. The molecule has 0 atom stereocenters. The van der Waals surface area contributed by atoms with E-state index >= 15 is 0 Å². The number of rotatable bonds is 2. The van der Waals surface area contributed by atoms with Crippen molar-refractivity contribution in [3.63, 3.8) is 0 Å². The van der Waals surface area contributed by atoms with Gasteiger partial charge in [0.25, 0.3) is 0 Å². The van der Waals surface area contributed by atoms with Crippen LogP contribution >= 0.6 is 47.8 Å². The number of nitrogens with zero attached hydrogens (tertiary/aromatic N) is 5. The summed E-state index contributed by atoms with van der Waals surface area (Å²) in [6.45, 7) is 1.94. The van der Waals surface area contributed by atoms with Gasteiger partial charge in [-0.2, -0.15) is 0 Å². The lowest BCUT2D eigenvalue weighted by molar-refractivity contribution is 0.0352. The van der Waals surface area contributed by atoms with Crippen LogP contribution in [0.1, 0.15) is 0 Å². The molecular formula is C12H12Br3N5O. The van der Waals surface area contributed by atoms with Crippen LogP contribution in [-0.2, 0) is 0 Å². The molecule has 0 N–H and O–H groups in total. The Labute approximate surface area is 147 Å². The van der Waals surface area contributed by atoms with Gasteiger partial charge in [-0.15, -0.1) is 0 Å². The van der Waals surface area contributed by atoms with Gasteiger partial charge in [0.1, 0.15) is 19.9 Å². The lowest BCUT2D eigenvalue weighted by Crippen LogP contribution is -2.51. The first-order valence-corrected chi connectivity index (χ1v) is 8.36. The minimum atomic E-state index is 0.278. The van der Waals surface area contributed by atoms with E-state index < -0.39 is 0 Å². The summed E-state index contributed by atoms with van der Waals surface area (Å²) in [6, 6.07) is 0. The van der Waals surface area contributed by atoms with E-state index in [0.29, 0.717) is 5.88 Å². The average molecular weight is 482 g/mol. The van der Waals surface area contributed by atoms with Crippen LogP contribution in [0.2, 0.25) is 0 Å². The van der Waals surface area contributed by atoms with Gasteiger partial charge in [-0.05, 0) is 54.8 Å². The fourth-order valence-corrected chi connectivity index (χ4v) is 2.16. The molecule has 6 nitrogen and oxygen atoms in total. The SMILES string of the molecule is Brc1cnc(Br)cn1.CN1CC(Oc2cnc(Br)cn2)C1. The highest BCUT2D eigenvalue weighted by Gasteiger charge is 2.25. The van der Waals surface area contributed by atoms with E-state index in [1.54, 1.807) is 24.8 Å². The van der Waals surface area contributed by atoms with Crippen molar-refractivity contribution in [1.29, 1.82) is 0 Å². The molecule has 0 spiro atoms. The molecule has 3 rings (SSSR count). The van der Waals surface area contributed by atoms with E-state index in [0.717, 1.165) is 26.9 Å². The molecule has 112 valence electrons. The van der Waals surface area contributed by atoms with Crippen LogP contribution < -0.4 is 4.74 Å². The lowest BCUT2D eigenvalue weighted by Gasteiger charge is -2.35. The first-order chi connectivity index (χ1) is 10.0. The number of hydrogen-bond donors (Lipinski definition) is 0. The van der Waals surface area contributed by atoms with Crippen molar-refractivity contribution in [2.75, 3.05) is 20.1 Å². The first-order valence-electron chi connectivity index (χ1n) is 5.98. The van der Waals surface area contributed by atoms with E-state index in [4.69, 9.17) is 4.74 Å². The van der Waals surface area contributed by atoms with Gasteiger partial charge in [-0.25, -0.2) is 19.9 Å². The third-order valence-electron chi connectivity index (χ3n) is 2.50. The van der Waals surface area contributed by atoms with Gasteiger partial charge >= 0.3 is 0 Å². The van der Waals surface area contributed by atoms with Crippen molar-refractivity contribution in [2.45, 2.75) is 6.10 Å². The van der Waals surface area contributed by atoms with Crippen LogP contribution in [-0.4, -0.2) is 51.1 Å². The van der Waals surface area contributed by atoms with E-state index in [-0.39, 0.29) is 6.10 Å². The Morgan fingerprint density at radius 1 is 0.905 bits per heavy atom. The molecule has 0 saturated carbocycles. The summed E-state index contributed by atoms with van der Waals surface area (Å²) in [5, 5.41) is 0. The summed E-state index contributed by atoms with van der Waals surface area (Å²) in [7, 11) is 2.06. The molecule has 0 bridgehead atoms. The molecule has 0 unspecified atom stereocenters. The highest BCUT2D eigenvalue weighted by atomic mass is 79.9. The highest BCUT2D eigenvalue weighted by Crippen LogP contribution is 2.14. The third kappa shape index (κ3) is 5.93. The van der Waals surface area contributed by atoms with Crippen molar-refractivity contribution in [3.8, 4) is 5.88 Å². The molecular weight excluding hydrogens is 470 g/mol. The van der Waals surface area contributed by atoms with Gasteiger partial charge in [0, 0.05) is 13.1 Å². The predicted octanol–water partition coefficient (Wildman–Crippen LogP) is 2.93. The van der Waals surface area contributed by atoms with Gasteiger partial charge in [0.2, 0.25) is 5.88 Å². The normalized spacial score (nSPS) is 14.9. The fraction of sp³-hybridized carbons (Fsp3) is 0.333. The molecule has 1 saturated heterocycles. The Kier molecular flexibility index (Phi) is 6.46. The molecule has 1 aliphatic heterocycles. The van der Waals surface area contributed by atoms with Crippen LogP contribution in [0.5, 0.6) is 5.88 Å². The molecule has 0 amide bonds. The molecule has 0 radical (unpaired) electrons. The second-order valence-corrected chi connectivity index (χ2v) is 6.74. The minimum absolute atomic E-state index is 0.278.